The molecule has 19 heavy (non-hydrogen) atoms. The first-order valence-corrected chi connectivity index (χ1v) is 6.70. The molecule has 1 aliphatic heterocycles. The monoisotopic (exact) mass is 259 g/mol. The Kier molecular flexibility index (Phi) is 5.12. The van der Waals surface area contributed by atoms with E-state index >= 15 is 0 Å². The highest BCUT2D eigenvalue weighted by atomic mass is 16.1. The lowest BCUT2D eigenvalue weighted by Gasteiger charge is -2.27. The Morgan fingerprint density at radius 1 is 1.42 bits per heavy atom. The van der Waals surface area contributed by atoms with Crippen LogP contribution in [0.2, 0.25) is 0 Å². The van der Waals surface area contributed by atoms with Crippen molar-refractivity contribution in [1.82, 2.24) is 15.5 Å². The number of nitrogens with zero attached hydrogens (tertiary/aromatic N) is 1. The van der Waals surface area contributed by atoms with Gasteiger partial charge in [0.1, 0.15) is 0 Å². The van der Waals surface area contributed by atoms with Gasteiger partial charge in [-0.1, -0.05) is 18.2 Å². The topological polar surface area (TPSA) is 44.4 Å². The molecular weight excluding hydrogens is 238 g/mol. The molecule has 0 saturated carbocycles. The molecule has 1 aromatic carbocycles. The molecule has 0 aliphatic carbocycles. The van der Waals surface area contributed by atoms with E-state index < -0.39 is 0 Å². The highest BCUT2D eigenvalue weighted by Gasteiger charge is 2.11. The predicted molar refractivity (Wildman–Crippen MR) is 77.1 cm³/mol. The standard InChI is InChI=1S/C15H21N3O/c1-2-6-17-15(19)14-5-3-4-13(11-14)12-18-9-7-16-8-10-18/h2-5,11,16H,1,6-10,12H2,(H,17,19). The lowest BCUT2D eigenvalue weighted by molar-refractivity contribution is 0.0958. The summed E-state index contributed by atoms with van der Waals surface area (Å²) in [6, 6.07) is 7.84. The molecule has 1 aromatic rings. The summed E-state index contributed by atoms with van der Waals surface area (Å²) in [5, 5.41) is 6.14. The van der Waals surface area contributed by atoms with Crippen LogP contribution < -0.4 is 10.6 Å². The van der Waals surface area contributed by atoms with Gasteiger partial charge in [0.2, 0.25) is 0 Å². The number of rotatable bonds is 5. The molecule has 0 aromatic heterocycles. The molecule has 0 atom stereocenters. The second-order valence-electron chi connectivity index (χ2n) is 4.73. The zero-order valence-electron chi connectivity index (χ0n) is 11.2. The van der Waals surface area contributed by atoms with Crippen molar-refractivity contribution in [2.45, 2.75) is 6.54 Å². The summed E-state index contributed by atoms with van der Waals surface area (Å²) < 4.78 is 0. The maximum absolute atomic E-state index is 11.9. The number of piperazine rings is 1. The van der Waals surface area contributed by atoms with Crippen LogP contribution in [0.4, 0.5) is 0 Å². The average molecular weight is 259 g/mol. The van der Waals surface area contributed by atoms with Crippen molar-refractivity contribution in [3.8, 4) is 0 Å². The third-order valence-corrected chi connectivity index (χ3v) is 3.21. The summed E-state index contributed by atoms with van der Waals surface area (Å²) in [6.07, 6.45) is 1.68. The van der Waals surface area contributed by atoms with Crippen LogP contribution in [0.1, 0.15) is 15.9 Å². The Morgan fingerprint density at radius 2 is 2.21 bits per heavy atom. The van der Waals surface area contributed by atoms with Crippen LogP contribution in [-0.2, 0) is 6.54 Å². The van der Waals surface area contributed by atoms with Gasteiger partial charge in [-0.15, -0.1) is 6.58 Å². The van der Waals surface area contributed by atoms with E-state index in [-0.39, 0.29) is 5.91 Å². The van der Waals surface area contributed by atoms with Crippen molar-refractivity contribution in [3.05, 3.63) is 48.0 Å². The quantitative estimate of drug-likeness (QED) is 0.776. The fourth-order valence-corrected chi connectivity index (χ4v) is 2.21. The molecule has 102 valence electrons. The molecule has 2 N–H and O–H groups in total. The second-order valence-corrected chi connectivity index (χ2v) is 4.73. The van der Waals surface area contributed by atoms with Gasteiger partial charge in [-0.2, -0.15) is 0 Å². The number of hydrogen-bond donors (Lipinski definition) is 2. The van der Waals surface area contributed by atoms with Gasteiger partial charge in [0.25, 0.3) is 5.91 Å². The molecular formula is C15H21N3O. The van der Waals surface area contributed by atoms with Gasteiger partial charge < -0.3 is 10.6 Å². The lowest BCUT2D eigenvalue weighted by Crippen LogP contribution is -2.42. The maximum atomic E-state index is 11.9. The Hall–Kier alpha value is -1.65. The van der Waals surface area contributed by atoms with Crippen molar-refractivity contribution in [2.24, 2.45) is 0 Å². The van der Waals surface area contributed by atoms with Gasteiger partial charge >= 0.3 is 0 Å². The van der Waals surface area contributed by atoms with Crippen molar-refractivity contribution in [1.29, 1.82) is 0 Å². The van der Waals surface area contributed by atoms with Crippen LogP contribution in [0.25, 0.3) is 0 Å². The highest BCUT2D eigenvalue weighted by molar-refractivity contribution is 5.94. The van der Waals surface area contributed by atoms with E-state index in [1.54, 1.807) is 6.08 Å². The summed E-state index contributed by atoms with van der Waals surface area (Å²) >= 11 is 0. The molecule has 1 aliphatic rings. The van der Waals surface area contributed by atoms with E-state index in [2.05, 4.69) is 28.2 Å². The van der Waals surface area contributed by atoms with Crippen LogP contribution in [0.15, 0.2) is 36.9 Å². The van der Waals surface area contributed by atoms with Gasteiger partial charge in [0.05, 0.1) is 0 Å². The SMILES string of the molecule is C=CCNC(=O)c1cccc(CN2CCNCC2)c1. The van der Waals surface area contributed by atoms with E-state index in [9.17, 15) is 4.79 Å². The maximum Gasteiger partial charge on any atom is 0.251 e. The lowest BCUT2D eigenvalue weighted by atomic mass is 10.1. The summed E-state index contributed by atoms with van der Waals surface area (Å²) in [5.74, 6) is -0.0398. The van der Waals surface area contributed by atoms with E-state index in [0.717, 1.165) is 38.3 Å². The Morgan fingerprint density at radius 3 is 2.95 bits per heavy atom. The van der Waals surface area contributed by atoms with Crippen molar-refractivity contribution in [3.63, 3.8) is 0 Å². The molecule has 0 spiro atoms. The van der Waals surface area contributed by atoms with Crippen LogP contribution in [-0.4, -0.2) is 43.5 Å². The summed E-state index contributed by atoms with van der Waals surface area (Å²) in [7, 11) is 0. The highest BCUT2D eigenvalue weighted by Crippen LogP contribution is 2.09. The minimum Gasteiger partial charge on any atom is -0.349 e. The molecule has 1 fully saturated rings. The van der Waals surface area contributed by atoms with Gasteiger partial charge in [0, 0.05) is 44.8 Å². The normalized spacial score (nSPS) is 16.0. The second kappa shape index (κ2) is 7.07. The molecule has 4 heteroatoms. The zero-order valence-corrected chi connectivity index (χ0v) is 11.2. The summed E-state index contributed by atoms with van der Waals surface area (Å²) in [6.45, 7) is 9.21. The third-order valence-electron chi connectivity index (χ3n) is 3.21. The molecule has 1 heterocycles. The molecule has 0 bridgehead atoms. The Bertz CT molecular complexity index is 439. The molecule has 4 nitrogen and oxygen atoms in total. The molecule has 1 amide bonds. The molecule has 0 unspecified atom stereocenters. The van der Waals surface area contributed by atoms with Crippen LogP contribution >= 0.6 is 0 Å². The fraction of sp³-hybridized carbons (Fsp3) is 0.400. The van der Waals surface area contributed by atoms with E-state index in [1.165, 1.54) is 5.56 Å². The number of benzene rings is 1. The number of amides is 1. The molecule has 1 saturated heterocycles. The smallest absolute Gasteiger partial charge is 0.251 e. The van der Waals surface area contributed by atoms with Crippen molar-refractivity contribution < 1.29 is 4.79 Å². The van der Waals surface area contributed by atoms with Crippen LogP contribution in [0.5, 0.6) is 0 Å². The third kappa shape index (κ3) is 4.19. The number of carbonyl (C=O) groups excluding carboxylic acids is 1. The summed E-state index contributed by atoms with van der Waals surface area (Å²) in [5.41, 5.74) is 1.91. The average Bonchev–Trinajstić information content (AvgIpc) is 2.46. The number of hydrogen-bond acceptors (Lipinski definition) is 3. The first-order valence-electron chi connectivity index (χ1n) is 6.70. The van der Waals surface area contributed by atoms with Gasteiger partial charge in [-0.3, -0.25) is 9.69 Å². The number of nitrogens with one attached hydrogen (secondary N) is 2. The van der Waals surface area contributed by atoms with Gasteiger partial charge in [0.15, 0.2) is 0 Å². The Balaban J connectivity index is 1.97. The predicted octanol–water partition coefficient (Wildman–Crippen LogP) is 1.01. The van der Waals surface area contributed by atoms with Crippen LogP contribution in [0.3, 0.4) is 0 Å². The van der Waals surface area contributed by atoms with Gasteiger partial charge in [-0.05, 0) is 17.7 Å². The molecule has 2 rings (SSSR count). The minimum absolute atomic E-state index is 0.0398. The van der Waals surface area contributed by atoms with Crippen LogP contribution in [0, 0.1) is 0 Å². The fourth-order valence-electron chi connectivity index (χ4n) is 2.21. The van der Waals surface area contributed by atoms with E-state index in [1.807, 2.05) is 18.2 Å². The van der Waals surface area contributed by atoms with E-state index in [0.29, 0.717) is 6.54 Å². The zero-order chi connectivity index (χ0) is 13.5. The largest absolute Gasteiger partial charge is 0.349 e. The van der Waals surface area contributed by atoms with Gasteiger partial charge in [-0.25, -0.2) is 0 Å². The number of carbonyl (C=O) groups is 1. The molecule has 0 radical (unpaired) electrons. The summed E-state index contributed by atoms with van der Waals surface area (Å²) in [4.78, 5) is 14.3. The van der Waals surface area contributed by atoms with Crippen molar-refractivity contribution >= 4 is 5.91 Å². The minimum atomic E-state index is -0.0398. The van der Waals surface area contributed by atoms with Crippen molar-refractivity contribution in [2.75, 3.05) is 32.7 Å². The first-order chi connectivity index (χ1) is 9.29. The van der Waals surface area contributed by atoms with E-state index in [4.69, 9.17) is 0 Å². The first kappa shape index (κ1) is 13.8. The Labute approximate surface area is 114 Å².